The van der Waals surface area contributed by atoms with Gasteiger partial charge in [0, 0.05) is 35.4 Å². The first-order valence-electron chi connectivity index (χ1n) is 6.46. The summed E-state index contributed by atoms with van der Waals surface area (Å²) in [6.45, 7) is 5.46. The predicted molar refractivity (Wildman–Crippen MR) is 76.3 cm³/mol. The lowest BCUT2D eigenvalue weighted by Crippen LogP contribution is -2.38. The van der Waals surface area contributed by atoms with Gasteiger partial charge in [0.2, 0.25) is 0 Å². The van der Waals surface area contributed by atoms with Crippen molar-refractivity contribution in [3.63, 3.8) is 0 Å². The summed E-state index contributed by atoms with van der Waals surface area (Å²) in [6, 6.07) is 6.15. The second-order valence-electron chi connectivity index (χ2n) is 5.09. The number of halogens is 1. The molecule has 0 amide bonds. The third-order valence-electron chi connectivity index (χ3n) is 3.57. The zero-order valence-electron chi connectivity index (χ0n) is 11.1. The van der Waals surface area contributed by atoms with Gasteiger partial charge in [0.15, 0.2) is 0 Å². The van der Waals surface area contributed by atoms with Gasteiger partial charge in [-0.05, 0) is 39.1 Å². The number of likely N-dealkylation sites (N-methyl/N-ethyl adjacent to an activating group) is 1. The molecule has 1 atom stereocenters. The van der Waals surface area contributed by atoms with Crippen LogP contribution in [0.15, 0.2) is 18.2 Å². The minimum absolute atomic E-state index is 0.0611. The summed E-state index contributed by atoms with van der Waals surface area (Å²) >= 11 is 6.09. The van der Waals surface area contributed by atoms with E-state index in [4.69, 9.17) is 11.6 Å². The van der Waals surface area contributed by atoms with Crippen molar-refractivity contribution in [2.45, 2.75) is 26.0 Å². The minimum atomic E-state index is 0.0611. The van der Waals surface area contributed by atoms with Gasteiger partial charge in [-0.3, -0.25) is 0 Å². The van der Waals surface area contributed by atoms with Gasteiger partial charge in [-0.25, -0.2) is 0 Å². The number of benzene rings is 1. The summed E-state index contributed by atoms with van der Waals surface area (Å²) in [7, 11) is 2.16. The molecule has 1 saturated heterocycles. The molecule has 3 nitrogen and oxygen atoms in total. The van der Waals surface area contributed by atoms with Crippen LogP contribution in [0.3, 0.4) is 0 Å². The third kappa shape index (κ3) is 2.97. The Morgan fingerprint density at radius 2 is 2.17 bits per heavy atom. The highest BCUT2D eigenvalue weighted by atomic mass is 35.5. The highest BCUT2D eigenvalue weighted by Crippen LogP contribution is 2.28. The fraction of sp³-hybridized carbons (Fsp3) is 0.571. The van der Waals surface area contributed by atoms with E-state index in [0.717, 1.165) is 42.3 Å². The lowest BCUT2D eigenvalue weighted by Gasteiger charge is -2.31. The number of nitrogens with zero attached hydrogens (tertiary/aromatic N) is 2. The lowest BCUT2D eigenvalue weighted by atomic mass is 10.1. The van der Waals surface area contributed by atoms with Crippen LogP contribution in [0.25, 0.3) is 0 Å². The van der Waals surface area contributed by atoms with Crippen molar-refractivity contribution < 1.29 is 5.11 Å². The molecule has 0 radical (unpaired) electrons. The normalized spacial score (nSPS) is 22.0. The number of aliphatic hydroxyl groups is 1. The van der Waals surface area contributed by atoms with E-state index in [0.29, 0.717) is 6.04 Å². The van der Waals surface area contributed by atoms with Gasteiger partial charge in [0.1, 0.15) is 0 Å². The number of rotatable bonds is 2. The van der Waals surface area contributed by atoms with Crippen molar-refractivity contribution in [3.8, 4) is 0 Å². The first-order valence-corrected chi connectivity index (χ1v) is 6.84. The fourth-order valence-corrected chi connectivity index (χ4v) is 2.83. The van der Waals surface area contributed by atoms with Crippen LogP contribution in [0.2, 0.25) is 5.02 Å². The topological polar surface area (TPSA) is 26.7 Å². The number of anilines is 1. The number of aliphatic hydroxyl groups excluding tert-OH is 1. The first kappa shape index (κ1) is 13.7. The maximum absolute atomic E-state index is 9.47. The molecule has 1 aromatic carbocycles. The van der Waals surface area contributed by atoms with Crippen molar-refractivity contribution in [2.24, 2.45) is 0 Å². The van der Waals surface area contributed by atoms with Crippen LogP contribution in [-0.2, 0) is 6.61 Å². The molecule has 0 bridgehead atoms. The predicted octanol–water partition coefficient (Wildman–Crippen LogP) is 2.36. The average Bonchev–Trinajstić information content (AvgIpc) is 2.50. The quantitative estimate of drug-likeness (QED) is 0.892. The van der Waals surface area contributed by atoms with Crippen molar-refractivity contribution >= 4 is 17.3 Å². The molecule has 0 aliphatic carbocycles. The van der Waals surface area contributed by atoms with Gasteiger partial charge in [-0.15, -0.1) is 0 Å². The lowest BCUT2D eigenvalue weighted by molar-refractivity contribution is 0.281. The maximum atomic E-state index is 9.47. The number of hydrogen-bond acceptors (Lipinski definition) is 3. The zero-order chi connectivity index (χ0) is 13.1. The van der Waals surface area contributed by atoms with E-state index in [9.17, 15) is 5.11 Å². The molecule has 0 aromatic heterocycles. The highest BCUT2D eigenvalue weighted by Gasteiger charge is 2.21. The van der Waals surface area contributed by atoms with Crippen LogP contribution >= 0.6 is 11.6 Å². The largest absolute Gasteiger partial charge is 0.392 e. The summed E-state index contributed by atoms with van der Waals surface area (Å²) in [5, 5.41) is 10.2. The van der Waals surface area contributed by atoms with Crippen molar-refractivity contribution in [2.75, 3.05) is 31.6 Å². The molecule has 4 heteroatoms. The van der Waals surface area contributed by atoms with Crippen LogP contribution in [0, 0.1) is 0 Å². The molecule has 1 heterocycles. The third-order valence-corrected chi connectivity index (χ3v) is 3.81. The van der Waals surface area contributed by atoms with Crippen LogP contribution < -0.4 is 4.90 Å². The second-order valence-corrected chi connectivity index (χ2v) is 5.53. The summed E-state index contributed by atoms with van der Waals surface area (Å²) in [6.07, 6.45) is 1.14. The van der Waals surface area contributed by atoms with E-state index < -0.39 is 0 Å². The monoisotopic (exact) mass is 268 g/mol. The Hall–Kier alpha value is -0.770. The van der Waals surface area contributed by atoms with E-state index in [1.807, 2.05) is 18.2 Å². The summed E-state index contributed by atoms with van der Waals surface area (Å²) in [5.41, 5.74) is 2.03. The zero-order valence-corrected chi connectivity index (χ0v) is 11.8. The van der Waals surface area contributed by atoms with E-state index in [1.54, 1.807) is 0 Å². The standard InChI is InChI=1S/C14H21ClN2O/c1-11-9-16(2)6-3-7-17(11)14-8-13(15)5-4-12(14)10-18/h4-5,8,11,18H,3,6-7,9-10H2,1-2H3. The summed E-state index contributed by atoms with van der Waals surface area (Å²) < 4.78 is 0. The summed E-state index contributed by atoms with van der Waals surface area (Å²) in [4.78, 5) is 4.72. The molecule has 0 spiro atoms. The Bertz CT molecular complexity index is 411. The molecule has 100 valence electrons. The second kappa shape index (κ2) is 5.91. The highest BCUT2D eigenvalue weighted by molar-refractivity contribution is 6.30. The van der Waals surface area contributed by atoms with Crippen molar-refractivity contribution in [3.05, 3.63) is 28.8 Å². The smallest absolute Gasteiger partial charge is 0.0702 e. The Morgan fingerprint density at radius 3 is 2.89 bits per heavy atom. The molecule has 1 N–H and O–H groups in total. The molecular weight excluding hydrogens is 248 g/mol. The van der Waals surface area contributed by atoms with E-state index in [-0.39, 0.29) is 6.61 Å². The number of hydrogen-bond donors (Lipinski definition) is 1. The van der Waals surface area contributed by atoms with E-state index in [1.165, 1.54) is 0 Å². The van der Waals surface area contributed by atoms with Crippen LogP contribution in [0.4, 0.5) is 5.69 Å². The average molecular weight is 269 g/mol. The van der Waals surface area contributed by atoms with Crippen LogP contribution in [0.1, 0.15) is 18.9 Å². The molecule has 1 unspecified atom stereocenters. The maximum Gasteiger partial charge on any atom is 0.0702 e. The van der Waals surface area contributed by atoms with E-state index in [2.05, 4.69) is 23.8 Å². The fourth-order valence-electron chi connectivity index (χ4n) is 2.67. The Kier molecular flexibility index (Phi) is 4.49. The molecule has 1 aliphatic rings. The van der Waals surface area contributed by atoms with Crippen LogP contribution in [0.5, 0.6) is 0 Å². The Balaban J connectivity index is 2.31. The molecule has 0 saturated carbocycles. The van der Waals surface area contributed by atoms with Crippen molar-refractivity contribution in [1.29, 1.82) is 0 Å². The Labute approximate surface area is 114 Å². The minimum Gasteiger partial charge on any atom is -0.392 e. The van der Waals surface area contributed by atoms with Gasteiger partial charge in [-0.2, -0.15) is 0 Å². The van der Waals surface area contributed by atoms with Gasteiger partial charge in [0.25, 0.3) is 0 Å². The molecule has 1 aromatic rings. The van der Waals surface area contributed by atoms with Gasteiger partial charge < -0.3 is 14.9 Å². The molecule has 2 rings (SSSR count). The molecule has 1 fully saturated rings. The molecule has 18 heavy (non-hydrogen) atoms. The van der Waals surface area contributed by atoms with Gasteiger partial charge in [-0.1, -0.05) is 17.7 Å². The Morgan fingerprint density at radius 1 is 1.39 bits per heavy atom. The van der Waals surface area contributed by atoms with Gasteiger partial charge >= 0.3 is 0 Å². The van der Waals surface area contributed by atoms with Crippen molar-refractivity contribution in [1.82, 2.24) is 4.90 Å². The molecule has 1 aliphatic heterocycles. The van der Waals surface area contributed by atoms with E-state index >= 15 is 0 Å². The first-order chi connectivity index (χ1) is 8.61. The SMILES string of the molecule is CC1CN(C)CCCN1c1cc(Cl)ccc1CO. The molecular formula is C14H21ClN2O. The summed E-state index contributed by atoms with van der Waals surface area (Å²) in [5.74, 6) is 0. The van der Waals surface area contributed by atoms with Crippen LogP contribution in [-0.4, -0.2) is 42.7 Å². The van der Waals surface area contributed by atoms with Gasteiger partial charge in [0.05, 0.1) is 6.61 Å².